The average Bonchev–Trinajstić information content (AvgIpc) is 4.06. The Balaban J connectivity index is 1.51. The summed E-state index contributed by atoms with van der Waals surface area (Å²) >= 11 is 11.3. The van der Waals surface area contributed by atoms with Crippen LogP contribution in [0.15, 0.2) is 43.0 Å². The number of hydrogen-bond donors (Lipinski definition) is 0. The number of fused-ring (bicyclic) bond motifs is 3. The van der Waals surface area contributed by atoms with E-state index >= 15 is 4.39 Å². The highest BCUT2D eigenvalue weighted by molar-refractivity contribution is 7.31. The third kappa shape index (κ3) is 8.53. The van der Waals surface area contributed by atoms with Crippen LogP contribution < -0.4 is 0 Å². The van der Waals surface area contributed by atoms with E-state index in [1.54, 1.807) is 17.4 Å². The van der Waals surface area contributed by atoms with Crippen LogP contribution in [0, 0.1) is 17.7 Å². The molecule has 0 nitrogen and oxygen atoms in total. The summed E-state index contributed by atoms with van der Waals surface area (Å²) in [5, 5.41) is 3.49. The van der Waals surface area contributed by atoms with Crippen LogP contribution in [0.25, 0.3) is 67.0 Å². The number of rotatable bonds is 18. The second-order valence-electron chi connectivity index (χ2n) is 18.2. The molecule has 0 fully saturated rings. The molecule has 2 atom stereocenters. The molecule has 7 aromatic rings. The summed E-state index contributed by atoms with van der Waals surface area (Å²) in [4.78, 5) is 11.3. The average molecular weight is 887 g/mol. The van der Waals surface area contributed by atoms with Gasteiger partial charge in [0.15, 0.2) is 5.82 Å². The zero-order chi connectivity index (χ0) is 41.5. The first-order chi connectivity index (χ1) is 27.8. The molecule has 0 bridgehead atoms. The summed E-state index contributed by atoms with van der Waals surface area (Å²) in [6, 6.07) is 14.6. The van der Waals surface area contributed by atoms with Gasteiger partial charge in [-0.15, -0.1) is 68.0 Å². The third-order valence-corrected chi connectivity index (χ3v) is 20.5. The van der Waals surface area contributed by atoms with Crippen molar-refractivity contribution in [2.24, 2.45) is 11.8 Å². The first-order valence-corrected chi connectivity index (χ1v) is 26.8. The molecule has 7 rings (SSSR count). The van der Waals surface area contributed by atoms with E-state index in [2.05, 4.69) is 112 Å². The van der Waals surface area contributed by atoms with Crippen LogP contribution >= 0.6 is 68.0 Å². The minimum absolute atomic E-state index is 0.0314. The van der Waals surface area contributed by atoms with Crippen LogP contribution in [0.2, 0.25) is 0 Å². The van der Waals surface area contributed by atoms with Crippen LogP contribution in [0.3, 0.4) is 0 Å². The Labute approximate surface area is 372 Å². The predicted molar refractivity (Wildman–Crippen MR) is 269 cm³/mol. The quantitative estimate of drug-likeness (QED) is 0.0805. The lowest BCUT2D eigenvalue weighted by atomic mass is 9.88. The lowest BCUT2D eigenvalue weighted by molar-refractivity contribution is 0.452. The number of halogens is 1. The predicted octanol–water partition coefficient (Wildman–Crippen LogP) is 19.8. The SMILES string of the molecule is C=Cc1sc2c(C(C)(C)CC)sc(-c3cc4c(-c5ccc(CC(CC)CCCC)s5)c5sc(C(C)(C)C)cc5c(-c5ccc(CC(CC)CCCC)s5)c4s3)c2c1F. The summed E-state index contributed by atoms with van der Waals surface area (Å²) in [6.45, 7) is 27.3. The van der Waals surface area contributed by atoms with Gasteiger partial charge in [0, 0.05) is 76.2 Å². The topological polar surface area (TPSA) is 0 Å². The standard InChI is InChI=1S/C51H63FS6/c1-12-18-20-30(14-3)26-32-22-24-37(53-32)41-34-28-39(47-43-44(52)36(16-5)55-48(43)49(58-47)51(10,11)17-6)56-45(34)42(35-29-40(50(7,8)9)57-46(35)41)38-25-23-33(54-38)27-31(15-4)21-19-13-2/h16,22-25,28-31H,5,12-15,17-21,26-27H2,1-4,6-11H3. The van der Waals surface area contributed by atoms with Crippen molar-refractivity contribution < 1.29 is 4.39 Å². The zero-order valence-electron chi connectivity index (χ0n) is 36.5. The maximum absolute atomic E-state index is 16.5. The van der Waals surface area contributed by atoms with Gasteiger partial charge in [-0.2, -0.15) is 0 Å². The van der Waals surface area contributed by atoms with E-state index in [1.807, 2.05) is 56.7 Å². The summed E-state index contributed by atoms with van der Waals surface area (Å²) < 4.78 is 20.4. The lowest BCUT2D eigenvalue weighted by Crippen LogP contribution is -2.13. The van der Waals surface area contributed by atoms with E-state index < -0.39 is 0 Å². The number of thiophene rings is 6. The maximum Gasteiger partial charge on any atom is 0.150 e. The molecular formula is C51H63FS6. The molecule has 6 heterocycles. The van der Waals surface area contributed by atoms with E-state index in [0.29, 0.717) is 4.88 Å². The molecule has 0 saturated carbocycles. The Hall–Kier alpha value is -2.13. The van der Waals surface area contributed by atoms with Gasteiger partial charge in [-0.25, -0.2) is 4.39 Å². The van der Waals surface area contributed by atoms with Crippen molar-refractivity contribution in [3.8, 4) is 30.6 Å². The summed E-state index contributed by atoms with van der Waals surface area (Å²) in [5.41, 5.74) is 2.72. The molecule has 0 aliphatic carbocycles. The largest absolute Gasteiger partial charge is 0.205 e. The second-order valence-corrected chi connectivity index (χ2v) is 24.7. The lowest BCUT2D eigenvalue weighted by Gasteiger charge is -2.20. The van der Waals surface area contributed by atoms with Gasteiger partial charge >= 0.3 is 0 Å². The number of unbranched alkanes of at least 4 members (excludes halogenated alkanes) is 2. The molecule has 0 aliphatic heterocycles. The molecule has 0 spiro atoms. The van der Waals surface area contributed by atoms with Gasteiger partial charge in [0.2, 0.25) is 0 Å². The van der Waals surface area contributed by atoms with E-state index in [-0.39, 0.29) is 16.6 Å². The highest BCUT2D eigenvalue weighted by atomic mass is 32.1. The van der Waals surface area contributed by atoms with E-state index in [4.69, 9.17) is 0 Å². The van der Waals surface area contributed by atoms with Gasteiger partial charge in [-0.3, -0.25) is 0 Å². The van der Waals surface area contributed by atoms with Crippen molar-refractivity contribution >= 4 is 104 Å². The second kappa shape index (κ2) is 18.1. The Bertz CT molecular complexity index is 2400. The van der Waals surface area contributed by atoms with Gasteiger partial charge in [0.25, 0.3) is 0 Å². The third-order valence-electron chi connectivity index (χ3n) is 12.5. The van der Waals surface area contributed by atoms with Crippen LogP contribution in [0.4, 0.5) is 4.39 Å². The van der Waals surface area contributed by atoms with Gasteiger partial charge < -0.3 is 0 Å². The highest BCUT2D eigenvalue weighted by Crippen LogP contribution is 2.57. The molecule has 2 unspecified atom stereocenters. The normalized spacial score (nSPS) is 13.8. The van der Waals surface area contributed by atoms with Crippen LogP contribution in [0.5, 0.6) is 0 Å². The van der Waals surface area contributed by atoms with Crippen molar-refractivity contribution in [1.29, 1.82) is 0 Å². The number of hydrogen-bond acceptors (Lipinski definition) is 6. The molecule has 6 aromatic heterocycles. The summed E-state index contributed by atoms with van der Waals surface area (Å²) in [5.74, 6) is 1.34. The first-order valence-electron chi connectivity index (χ1n) is 21.9. The first kappa shape index (κ1) is 43.9. The molecule has 1 aromatic carbocycles. The van der Waals surface area contributed by atoms with Crippen molar-refractivity contribution in [1.82, 2.24) is 0 Å². The van der Waals surface area contributed by atoms with Crippen molar-refractivity contribution in [2.45, 2.75) is 151 Å². The molecule has 0 saturated heterocycles. The van der Waals surface area contributed by atoms with E-state index in [0.717, 1.165) is 46.1 Å². The Kier molecular flexibility index (Phi) is 13.7. The fourth-order valence-corrected chi connectivity index (χ4v) is 16.3. The molecule has 58 heavy (non-hydrogen) atoms. The van der Waals surface area contributed by atoms with Gasteiger partial charge in [0.05, 0.1) is 14.5 Å². The zero-order valence-corrected chi connectivity index (χ0v) is 41.4. The fraction of sp³-hybridized carbons (Fsp3) is 0.490. The summed E-state index contributed by atoms with van der Waals surface area (Å²) in [7, 11) is 0. The Morgan fingerprint density at radius 2 is 1.21 bits per heavy atom. The minimum atomic E-state index is -0.110. The molecule has 7 heteroatoms. The molecule has 0 amide bonds. The van der Waals surface area contributed by atoms with Gasteiger partial charge in [0.1, 0.15) is 0 Å². The van der Waals surface area contributed by atoms with Crippen LogP contribution in [-0.2, 0) is 23.7 Å². The molecule has 310 valence electrons. The number of benzene rings is 1. The highest BCUT2D eigenvalue weighted by Gasteiger charge is 2.32. The maximum atomic E-state index is 16.5. The van der Waals surface area contributed by atoms with E-state index in [9.17, 15) is 0 Å². The minimum Gasteiger partial charge on any atom is -0.205 e. The molecule has 0 N–H and O–H groups in total. The smallest absolute Gasteiger partial charge is 0.150 e. The Morgan fingerprint density at radius 1 is 0.655 bits per heavy atom. The van der Waals surface area contributed by atoms with E-state index in [1.165, 1.54) is 117 Å². The summed E-state index contributed by atoms with van der Waals surface area (Å²) in [6.07, 6.45) is 15.2. The molecule has 0 aliphatic rings. The fourth-order valence-electron chi connectivity index (χ4n) is 8.34. The van der Waals surface area contributed by atoms with Crippen molar-refractivity contribution in [3.05, 3.63) is 73.2 Å². The van der Waals surface area contributed by atoms with Crippen molar-refractivity contribution in [3.63, 3.8) is 0 Å². The van der Waals surface area contributed by atoms with Gasteiger partial charge in [-0.1, -0.05) is 127 Å². The van der Waals surface area contributed by atoms with Crippen LogP contribution in [-0.4, -0.2) is 0 Å². The monoisotopic (exact) mass is 886 g/mol. The molecular weight excluding hydrogens is 824 g/mol. The van der Waals surface area contributed by atoms with Gasteiger partial charge in [-0.05, 0) is 79.0 Å². The van der Waals surface area contributed by atoms with Crippen molar-refractivity contribution in [2.75, 3.05) is 0 Å². The Morgan fingerprint density at radius 3 is 1.71 bits per heavy atom. The van der Waals surface area contributed by atoms with Crippen LogP contribution in [0.1, 0.15) is 151 Å². The molecule has 0 radical (unpaired) electrons.